The third-order valence-corrected chi connectivity index (χ3v) is 6.15. The van der Waals surface area contributed by atoms with Crippen LogP contribution in [0.25, 0.3) is 10.9 Å². The van der Waals surface area contributed by atoms with Crippen LogP contribution in [0.15, 0.2) is 49.1 Å². The second-order valence-electron chi connectivity index (χ2n) is 8.49. The number of fused-ring (bicyclic) bond motifs is 1. The van der Waals surface area contributed by atoms with E-state index >= 15 is 0 Å². The number of ether oxygens (including phenoxy) is 3. The Labute approximate surface area is 205 Å². The molecular weight excluding hydrogens is 454 g/mol. The lowest BCUT2D eigenvalue weighted by molar-refractivity contribution is -0.150. The molecule has 1 atom stereocenters. The summed E-state index contributed by atoms with van der Waals surface area (Å²) in [6, 6.07) is 11.1. The number of aromatic nitrogens is 1. The quantitative estimate of drug-likeness (QED) is 0.281. The SMILES string of the molecule is C=CCOC(=O)c1ccc2c(c1)c(C)c(C)n2Cc1ccc(Cl)c(OC(C(=O)OC)C(C)C)c1. The third kappa shape index (κ3) is 5.28. The molecule has 3 aromatic rings. The van der Waals surface area contributed by atoms with Crippen LogP contribution in [0.2, 0.25) is 5.02 Å². The minimum absolute atomic E-state index is 0.0853. The molecule has 0 N–H and O–H groups in total. The van der Waals surface area contributed by atoms with E-state index < -0.39 is 12.1 Å². The number of carbonyl (C=O) groups is 2. The van der Waals surface area contributed by atoms with Gasteiger partial charge in [0.05, 0.1) is 17.7 Å². The number of halogens is 1. The first-order valence-corrected chi connectivity index (χ1v) is 11.5. The molecule has 0 aliphatic rings. The number of rotatable bonds is 9. The van der Waals surface area contributed by atoms with Gasteiger partial charge in [-0.15, -0.1) is 0 Å². The molecule has 1 unspecified atom stereocenters. The van der Waals surface area contributed by atoms with Crippen molar-refractivity contribution >= 4 is 34.4 Å². The monoisotopic (exact) mass is 483 g/mol. The largest absolute Gasteiger partial charge is 0.477 e. The molecule has 0 radical (unpaired) electrons. The molecule has 3 rings (SSSR count). The van der Waals surface area contributed by atoms with Crippen molar-refractivity contribution in [3.05, 3.63) is 76.5 Å². The zero-order valence-electron chi connectivity index (χ0n) is 20.2. The molecule has 7 heteroatoms. The zero-order valence-corrected chi connectivity index (χ0v) is 20.9. The second-order valence-corrected chi connectivity index (χ2v) is 8.89. The molecule has 180 valence electrons. The maximum absolute atomic E-state index is 12.3. The number of esters is 2. The van der Waals surface area contributed by atoms with Crippen LogP contribution in [-0.4, -0.2) is 36.3 Å². The van der Waals surface area contributed by atoms with E-state index in [9.17, 15) is 9.59 Å². The number of hydrogen-bond acceptors (Lipinski definition) is 5. The predicted molar refractivity (Wildman–Crippen MR) is 134 cm³/mol. The maximum atomic E-state index is 12.3. The molecule has 0 bridgehead atoms. The Balaban J connectivity index is 1.94. The fourth-order valence-corrected chi connectivity index (χ4v) is 3.99. The van der Waals surface area contributed by atoms with Crippen LogP contribution in [0, 0.1) is 19.8 Å². The normalized spacial score (nSPS) is 12.0. The fraction of sp³-hybridized carbons (Fsp3) is 0.333. The summed E-state index contributed by atoms with van der Waals surface area (Å²) in [6.07, 6.45) is 0.786. The van der Waals surface area contributed by atoms with Gasteiger partial charge in [-0.2, -0.15) is 0 Å². The first-order chi connectivity index (χ1) is 16.2. The van der Waals surface area contributed by atoms with Crippen LogP contribution in [0.1, 0.15) is 41.0 Å². The minimum atomic E-state index is -0.756. The van der Waals surface area contributed by atoms with E-state index in [1.165, 1.54) is 7.11 Å². The van der Waals surface area contributed by atoms with Gasteiger partial charge in [-0.3, -0.25) is 0 Å². The van der Waals surface area contributed by atoms with Gasteiger partial charge in [0.2, 0.25) is 0 Å². The molecule has 6 nitrogen and oxygen atoms in total. The molecule has 34 heavy (non-hydrogen) atoms. The first-order valence-electron chi connectivity index (χ1n) is 11.1. The van der Waals surface area contributed by atoms with Gasteiger partial charge in [-0.05, 0) is 55.3 Å². The van der Waals surface area contributed by atoms with Gasteiger partial charge in [-0.1, -0.05) is 44.2 Å². The average Bonchev–Trinajstić information content (AvgIpc) is 3.06. The third-order valence-electron chi connectivity index (χ3n) is 5.84. The van der Waals surface area contributed by atoms with Crippen LogP contribution >= 0.6 is 11.6 Å². The molecular formula is C27H30ClNO5. The Bertz CT molecular complexity index is 1230. The van der Waals surface area contributed by atoms with Crippen molar-refractivity contribution in [3.63, 3.8) is 0 Å². The molecule has 0 aliphatic carbocycles. The lowest BCUT2D eigenvalue weighted by Gasteiger charge is -2.21. The lowest BCUT2D eigenvalue weighted by atomic mass is 10.1. The lowest BCUT2D eigenvalue weighted by Crippen LogP contribution is -2.33. The number of aryl methyl sites for hydroxylation is 1. The average molecular weight is 484 g/mol. The second kappa shape index (κ2) is 10.8. The van der Waals surface area contributed by atoms with Gasteiger partial charge < -0.3 is 18.8 Å². The van der Waals surface area contributed by atoms with Crippen molar-refractivity contribution in [2.45, 2.75) is 40.3 Å². The van der Waals surface area contributed by atoms with Crippen molar-refractivity contribution in [1.29, 1.82) is 0 Å². The van der Waals surface area contributed by atoms with E-state index in [-0.39, 0.29) is 18.5 Å². The van der Waals surface area contributed by atoms with Gasteiger partial charge >= 0.3 is 11.9 Å². The van der Waals surface area contributed by atoms with Gasteiger partial charge in [0, 0.05) is 29.1 Å². The summed E-state index contributed by atoms with van der Waals surface area (Å²) in [4.78, 5) is 24.4. The Morgan fingerprint density at radius 3 is 2.53 bits per heavy atom. The van der Waals surface area contributed by atoms with Gasteiger partial charge in [0.15, 0.2) is 6.10 Å². The summed E-state index contributed by atoms with van der Waals surface area (Å²) in [6.45, 7) is 12.2. The van der Waals surface area contributed by atoms with Crippen molar-refractivity contribution in [2.75, 3.05) is 13.7 Å². The number of nitrogens with zero attached hydrogens (tertiary/aromatic N) is 1. The Hall–Kier alpha value is -3.25. The zero-order chi connectivity index (χ0) is 25.0. The first kappa shape index (κ1) is 25.4. The van der Waals surface area contributed by atoms with Crippen LogP contribution in [0.3, 0.4) is 0 Å². The number of benzene rings is 2. The van der Waals surface area contributed by atoms with Crippen LogP contribution in [0.4, 0.5) is 0 Å². The van der Waals surface area contributed by atoms with E-state index in [4.69, 9.17) is 25.8 Å². The van der Waals surface area contributed by atoms with E-state index in [1.54, 1.807) is 18.2 Å². The van der Waals surface area contributed by atoms with Crippen molar-refractivity contribution < 1.29 is 23.8 Å². The fourth-order valence-electron chi connectivity index (χ4n) is 3.83. The highest BCUT2D eigenvalue weighted by atomic mass is 35.5. The van der Waals surface area contributed by atoms with Crippen LogP contribution in [0.5, 0.6) is 5.75 Å². The highest BCUT2D eigenvalue weighted by molar-refractivity contribution is 6.32. The van der Waals surface area contributed by atoms with Gasteiger partial charge in [-0.25, -0.2) is 9.59 Å². The molecule has 1 heterocycles. The number of methoxy groups -OCH3 is 1. The summed E-state index contributed by atoms with van der Waals surface area (Å²) in [5.41, 5.74) is 4.63. The standard InChI is InChI=1S/C27H30ClNO5/c1-7-12-33-26(30)20-9-11-23-21(14-20)17(4)18(5)29(23)15-19-8-10-22(28)24(13-19)34-25(16(2)3)27(31)32-6/h7-11,13-14,16,25H,1,12,15H2,2-6H3. The van der Waals surface area contributed by atoms with Gasteiger partial charge in [0.25, 0.3) is 0 Å². The predicted octanol–water partition coefficient (Wildman–Crippen LogP) is 5.88. The molecule has 0 fully saturated rings. The highest BCUT2D eigenvalue weighted by Gasteiger charge is 2.26. The van der Waals surface area contributed by atoms with Crippen LogP contribution < -0.4 is 4.74 Å². The maximum Gasteiger partial charge on any atom is 0.347 e. The summed E-state index contributed by atoms with van der Waals surface area (Å²) in [7, 11) is 1.34. The van der Waals surface area contributed by atoms with E-state index in [0.717, 1.165) is 27.7 Å². The van der Waals surface area contributed by atoms with E-state index in [0.29, 0.717) is 22.9 Å². The summed E-state index contributed by atoms with van der Waals surface area (Å²) < 4.78 is 18.2. The Morgan fingerprint density at radius 2 is 1.88 bits per heavy atom. The summed E-state index contributed by atoms with van der Waals surface area (Å²) in [5, 5.41) is 1.41. The summed E-state index contributed by atoms with van der Waals surface area (Å²) in [5.74, 6) is -0.475. The van der Waals surface area contributed by atoms with Crippen molar-refractivity contribution in [1.82, 2.24) is 4.57 Å². The number of hydrogen-bond donors (Lipinski definition) is 0. The molecule has 0 spiro atoms. The van der Waals surface area contributed by atoms with E-state index in [1.807, 2.05) is 52.0 Å². The topological polar surface area (TPSA) is 66.8 Å². The molecule has 1 aromatic heterocycles. The smallest absolute Gasteiger partial charge is 0.347 e. The number of carbonyl (C=O) groups excluding carboxylic acids is 2. The minimum Gasteiger partial charge on any atom is -0.477 e. The van der Waals surface area contributed by atoms with Crippen molar-refractivity contribution in [3.8, 4) is 5.75 Å². The molecule has 0 saturated heterocycles. The van der Waals surface area contributed by atoms with E-state index in [2.05, 4.69) is 11.1 Å². The Morgan fingerprint density at radius 1 is 1.15 bits per heavy atom. The highest BCUT2D eigenvalue weighted by Crippen LogP contribution is 2.31. The van der Waals surface area contributed by atoms with Gasteiger partial charge in [0.1, 0.15) is 12.4 Å². The summed E-state index contributed by atoms with van der Waals surface area (Å²) >= 11 is 6.38. The van der Waals surface area contributed by atoms with Crippen molar-refractivity contribution in [2.24, 2.45) is 5.92 Å². The molecule has 0 aliphatic heterocycles. The molecule has 0 saturated carbocycles. The molecule has 2 aromatic carbocycles. The Kier molecular flexibility index (Phi) is 8.05. The van der Waals surface area contributed by atoms with Crippen LogP contribution in [-0.2, 0) is 20.8 Å². The molecule has 0 amide bonds.